The first kappa shape index (κ1) is 7.30. The fourth-order valence-electron chi connectivity index (χ4n) is 0.862. The minimum Gasteiger partial charge on any atom is -0.295 e. The van der Waals surface area contributed by atoms with Crippen molar-refractivity contribution in [3.05, 3.63) is 23.1 Å². The third kappa shape index (κ3) is 1.08. The van der Waals surface area contributed by atoms with E-state index in [0.29, 0.717) is 21.6 Å². The lowest BCUT2D eigenvalue weighted by molar-refractivity contribution is 0.112. The van der Waals surface area contributed by atoms with Crippen molar-refractivity contribution in [2.24, 2.45) is 0 Å². The fraction of sp³-hybridized carbons (Fsp3) is 0. The zero-order valence-corrected chi connectivity index (χ0v) is 6.64. The number of carbonyl (C=O) groups excluding carboxylic acids is 1. The summed E-state index contributed by atoms with van der Waals surface area (Å²) in [7, 11) is 0. The Kier molecular flexibility index (Phi) is 1.58. The summed E-state index contributed by atoms with van der Waals surface area (Å²) in [6.07, 6.45) is 0.629. The number of hydrogen-bond donors (Lipinski definition) is 0. The zero-order chi connectivity index (χ0) is 8.55. The summed E-state index contributed by atoms with van der Waals surface area (Å²) in [5.41, 5.74) is 0.559. The van der Waals surface area contributed by atoms with Crippen molar-refractivity contribution < 1.29 is 9.18 Å². The topological polar surface area (TPSA) is 42.9 Å². The highest BCUT2D eigenvalue weighted by Crippen LogP contribution is 2.18. The van der Waals surface area contributed by atoms with E-state index in [9.17, 15) is 9.18 Å². The van der Waals surface area contributed by atoms with Crippen molar-refractivity contribution in [2.45, 2.75) is 0 Å². The summed E-state index contributed by atoms with van der Waals surface area (Å²) in [4.78, 5) is 18.2. The molecule has 0 aliphatic carbocycles. The Labute approximate surface area is 70.9 Å². The van der Waals surface area contributed by atoms with Crippen molar-refractivity contribution in [2.75, 3.05) is 0 Å². The average Bonchev–Trinajstić information content (AvgIpc) is 2.46. The van der Waals surface area contributed by atoms with Crippen LogP contribution in [-0.4, -0.2) is 16.3 Å². The zero-order valence-electron chi connectivity index (χ0n) is 5.82. The Bertz CT molecular complexity index is 440. The van der Waals surface area contributed by atoms with Crippen LogP contribution in [0.1, 0.15) is 9.80 Å². The van der Waals surface area contributed by atoms with Gasteiger partial charge in [0.05, 0.1) is 0 Å². The Morgan fingerprint density at radius 2 is 2.25 bits per heavy atom. The maximum absolute atomic E-state index is 12.5. The lowest BCUT2D eigenvalue weighted by atomic mass is 10.4. The van der Waals surface area contributed by atoms with Gasteiger partial charge in [-0.25, -0.2) is 9.97 Å². The molecule has 0 saturated heterocycles. The highest BCUT2D eigenvalue weighted by molar-refractivity contribution is 7.19. The molecule has 3 nitrogen and oxygen atoms in total. The van der Waals surface area contributed by atoms with Gasteiger partial charge in [0, 0.05) is 0 Å². The van der Waals surface area contributed by atoms with Crippen LogP contribution in [0.4, 0.5) is 4.39 Å². The highest BCUT2D eigenvalue weighted by atomic mass is 32.1. The van der Waals surface area contributed by atoms with Crippen LogP contribution in [0.3, 0.4) is 0 Å². The summed E-state index contributed by atoms with van der Waals surface area (Å²) in [6, 6.07) is 2.72. The van der Waals surface area contributed by atoms with Gasteiger partial charge in [0.2, 0.25) is 5.95 Å². The average molecular weight is 182 g/mol. The molecular formula is C7H3FN2OS. The van der Waals surface area contributed by atoms with Gasteiger partial charge in [-0.2, -0.15) is 4.39 Å². The number of pyridine rings is 1. The number of fused-ring (bicyclic) bond motifs is 1. The van der Waals surface area contributed by atoms with Gasteiger partial charge < -0.3 is 0 Å². The van der Waals surface area contributed by atoms with Gasteiger partial charge in [0.15, 0.2) is 11.3 Å². The number of aromatic nitrogens is 2. The quantitative estimate of drug-likeness (QED) is 0.497. The fourth-order valence-corrected chi connectivity index (χ4v) is 1.60. The first-order valence-electron chi connectivity index (χ1n) is 3.18. The van der Waals surface area contributed by atoms with Crippen molar-refractivity contribution in [1.82, 2.24) is 9.97 Å². The minimum atomic E-state index is -0.552. The molecule has 0 aromatic carbocycles. The van der Waals surface area contributed by atoms with Gasteiger partial charge in [-0.3, -0.25) is 4.79 Å². The normalized spacial score (nSPS) is 10.4. The number of aldehydes is 1. The van der Waals surface area contributed by atoms with Crippen molar-refractivity contribution in [3.8, 4) is 0 Å². The molecule has 60 valence electrons. The molecule has 0 atom stereocenters. The summed E-state index contributed by atoms with van der Waals surface area (Å²) >= 11 is 1.08. The molecule has 0 bridgehead atoms. The number of carbonyl (C=O) groups is 1. The number of rotatable bonds is 1. The van der Waals surface area contributed by atoms with E-state index in [1.165, 1.54) is 12.1 Å². The van der Waals surface area contributed by atoms with Gasteiger partial charge in [-0.15, -0.1) is 0 Å². The van der Waals surface area contributed by atoms with E-state index >= 15 is 0 Å². The summed E-state index contributed by atoms with van der Waals surface area (Å²) in [6.45, 7) is 0. The predicted molar refractivity (Wildman–Crippen MR) is 42.8 cm³/mol. The van der Waals surface area contributed by atoms with E-state index in [2.05, 4.69) is 9.97 Å². The van der Waals surface area contributed by atoms with Crippen LogP contribution in [0, 0.1) is 5.95 Å². The smallest absolute Gasteiger partial charge is 0.214 e. The molecule has 2 aromatic heterocycles. The number of nitrogens with zero attached hydrogens (tertiary/aromatic N) is 2. The van der Waals surface area contributed by atoms with E-state index in [0.717, 1.165) is 11.3 Å². The molecule has 2 aromatic rings. The lowest BCUT2D eigenvalue weighted by Crippen LogP contribution is -1.79. The Morgan fingerprint density at radius 3 is 3.00 bits per heavy atom. The van der Waals surface area contributed by atoms with Crippen LogP contribution in [0.25, 0.3) is 10.3 Å². The SMILES string of the molecule is O=Cc1nc2ccc(F)nc2s1. The molecule has 0 saturated carbocycles. The van der Waals surface area contributed by atoms with E-state index in [1.54, 1.807) is 0 Å². The third-order valence-corrected chi connectivity index (χ3v) is 2.23. The van der Waals surface area contributed by atoms with E-state index < -0.39 is 5.95 Å². The van der Waals surface area contributed by atoms with Crippen LogP contribution in [0.15, 0.2) is 12.1 Å². The predicted octanol–water partition coefficient (Wildman–Crippen LogP) is 1.64. The maximum Gasteiger partial charge on any atom is 0.214 e. The molecule has 0 unspecified atom stereocenters. The summed E-state index contributed by atoms with van der Waals surface area (Å²) in [5.74, 6) is -0.552. The maximum atomic E-state index is 12.5. The second-order valence-electron chi connectivity index (χ2n) is 2.13. The Hall–Kier alpha value is -1.36. The standard InChI is InChI=1S/C7H3FN2OS/c8-5-2-1-4-7(10-5)12-6(3-11)9-4/h1-3H. The number of hydrogen-bond acceptors (Lipinski definition) is 4. The molecule has 0 spiro atoms. The van der Waals surface area contributed by atoms with Gasteiger partial charge in [0.1, 0.15) is 10.3 Å². The van der Waals surface area contributed by atoms with Crippen molar-refractivity contribution >= 4 is 28.0 Å². The van der Waals surface area contributed by atoms with Gasteiger partial charge in [-0.1, -0.05) is 11.3 Å². The first-order valence-corrected chi connectivity index (χ1v) is 3.99. The van der Waals surface area contributed by atoms with E-state index in [-0.39, 0.29) is 0 Å². The number of thiazole rings is 1. The third-order valence-electron chi connectivity index (χ3n) is 1.34. The minimum absolute atomic E-state index is 0.322. The van der Waals surface area contributed by atoms with Crippen LogP contribution in [0.5, 0.6) is 0 Å². The molecule has 0 amide bonds. The van der Waals surface area contributed by atoms with Gasteiger partial charge >= 0.3 is 0 Å². The van der Waals surface area contributed by atoms with Crippen LogP contribution < -0.4 is 0 Å². The second kappa shape index (κ2) is 2.60. The summed E-state index contributed by atoms with van der Waals surface area (Å²) in [5, 5.41) is 0.322. The highest BCUT2D eigenvalue weighted by Gasteiger charge is 2.03. The molecule has 0 radical (unpaired) electrons. The Balaban J connectivity index is 2.75. The van der Waals surface area contributed by atoms with Crippen molar-refractivity contribution in [3.63, 3.8) is 0 Å². The molecule has 2 heterocycles. The molecule has 0 aliphatic heterocycles. The molecule has 0 aliphatic rings. The Morgan fingerprint density at radius 1 is 1.42 bits per heavy atom. The molecule has 0 fully saturated rings. The van der Waals surface area contributed by atoms with E-state index in [4.69, 9.17) is 0 Å². The molecule has 12 heavy (non-hydrogen) atoms. The van der Waals surface area contributed by atoms with Crippen LogP contribution >= 0.6 is 11.3 Å². The monoisotopic (exact) mass is 182 g/mol. The molecular weight excluding hydrogens is 179 g/mol. The summed E-state index contributed by atoms with van der Waals surface area (Å²) < 4.78 is 12.5. The van der Waals surface area contributed by atoms with Crippen LogP contribution in [0.2, 0.25) is 0 Å². The molecule has 2 rings (SSSR count). The number of halogens is 1. The first-order chi connectivity index (χ1) is 5.79. The molecule has 0 N–H and O–H groups in total. The van der Waals surface area contributed by atoms with E-state index in [1.807, 2.05) is 0 Å². The molecule has 5 heteroatoms. The van der Waals surface area contributed by atoms with Crippen LogP contribution in [-0.2, 0) is 0 Å². The van der Waals surface area contributed by atoms with Gasteiger partial charge in [-0.05, 0) is 12.1 Å². The van der Waals surface area contributed by atoms with Gasteiger partial charge in [0.25, 0.3) is 0 Å². The largest absolute Gasteiger partial charge is 0.295 e. The lowest BCUT2D eigenvalue weighted by Gasteiger charge is -1.84. The second-order valence-corrected chi connectivity index (χ2v) is 3.14. The van der Waals surface area contributed by atoms with Crippen molar-refractivity contribution in [1.29, 1.82) is 0 Å².